The first-order valence-electron chi connectivity index (χ1n) is 8.24. The first kappa shape index (κ1) is 18.1. The average Bonchev–Trinajstić information content (AvgIpc) is 3.01. The number of nitrogens with zero attached hydrogens (tertiary/aromatic N) is 3. The summed E-state index contributed by atoms with van der Waals surface area (Å²) in [6.45, 7) is 0. The molecule has 0 amide bonds. The molecule has 1 aromatic heterocycles. The van der Waals surface area contributed by atoms with Crippen molar-refractivity contribution in [3.63, 3.8) is 0 Å². The van der Waals surface area contributed by atoms with Gasteiger partial charge in [-0.05, 0) is 23.8 Å². The van der Waals surface area contributed by atoms with Crippen molar-refractivity contribution in [2.24, 2.45) is 5.10 Å². The monoisotopic (exact) mass is 395 g/mol. The third-order valence-electron chi connectivity index (χ3n) is 3.89. The summed E-state index contributed by atoms with van der Waals surface area (Å²) in [6, 6.07) is 14.7. The van der Waals surface area contributed by atoms with Crippen molar-refractivity contribution in [1.82, 2.24) is 9.97 Å². The van der Waals surface area contributed by atoms with Crippen LogP contribution in [0, 0.1) is 11.3 Å². The Morgan fingerprint density at radius 1 is 1.17 bits per heavy atom. The minimum Gasteiger partial charge on any atom is -0.395 e. The fourth-order valence-electron chi connectivity index (χ4n) is 2.65. The van der Waals surface area contributed by atoms with Crippen molar-refractivity contribution in [2.45, 2.75) is 6.29 Å². The van der Waals surface area contributed by atoms with Gasteiger partial charge in [0.15, 0.2) is 11.5 Å². The summed E-state index contributed by atoms with van der Waals surface area (Å²) < 4.78 is 34.8. The number of hydrogen-bond donors (Lipinski definition) is 2. The van der Waals surface area contributed by atoms with Gasteiger partial charge in [0.2, 0.25) is 5.95 Å². The van der Waals surface area contributed by atoms with Gasteiger partial charge >= 0.3 is 6.29 Å². The first-order valence-corrected chi connectivity index (χ1v) is 8.24. The number of hydrogen-bond acceptors (Lipinski definition) is 7. The number of H-pyrrole nitrogens is 1. The molecule has 0 bridgehead atoms. The molecule has 0 atom stereocenters. The van der Waals surface area contributed by atoms with E-state index in [1.807, 2.05) is 6.07 Å². The number of fused-ring (bicyclic) bond motifs is 1. The summed E-state index contributed by atoms with van der Waals surface area (Å²) in [5, 5.41) is 13.2. The maximum absolute atomic E-state index is 13.1. The fourth-order valence-corrected chi connectivity index (χ4v) is 2.65. The molecule has 2 N–H and O–H groups in total. The van der Waals surface area contributed by atoms with E-state index >= 15 is 0 Å². The lowest BCUT2D eigenvalue weighted by Crippen LogP contribution is -2.25. The summed E-state index contributed by atoms with van der Waals surface area (Å²) in [6.07, 6.45) is -2.38. The molecular formula is C19H11F2N5O3. The van der Waals surface area contributed by atoms with E-state index in [-0.39, 0.29) is 28.7 Å². The molecule has 0 aliphatic carbocycles. The van der Waals surface area contributed by atoms with Crippen molar-refractivity contribution in [1.29, 1.82) is 5.26 Å². The van der Waals surface area contributed by atoms with Gasteiger partial charge in [-0.25, -0.2) is 10.4 Å². The van der Waals surface area contributed by atoms with Gasteiger partial charge < -0.3 is 9.47 Å². The van der Waals surface area contributed by atoms with Gasteiger partial charge in [0.25, 0.3) is 5.56 Å². The van der Waals surface area contributed by atoms with Crippen LogP contribution in [0.25, 0.3) is 11.3 Å². The number of nitrogens with one attached hydrogen (secondary N) is 2. The van der Waals surface area contributed by atoms with Crippen LogP contribution < -0.4 is 20.5 Å². The molecule has 1 aliphatic heterocycles. The van der Waals surface area contributed by atoms with Crippen LogP contribution in [0.3, 0.4) is 0 Å². The molecule has 3 aromatic rings. The van der Waals surface area contributed by atoms with Crippen molar-refractivity contribution < 1.29 is 18.3 Å². The van der Waals surface area contributed by atoms with Crippen LogP contribution in [0.1, 0.15) is 11.1 Å². The number of aromatic amines is 1. The van der Waals surface area contributed by atoms with E-state index in [0.29, 0.717) is 11.1 Å². The predicted octanol–water partition coefficient (Wildman–Crippen LogP) is 3.08. The zero-order valence-electron chi connectivity index (χ0n) is 14.5. The number of nitriles is 1. The number of rotatable bonds is 4. The van der Waals surface area contributed by atoms with Gasteiger partial charge in [-0.1, -0.05) is 30.3 Å². The van der Waals surface area contributed by atoms with E-state index in [0.717, 1.165) is 0 Å². The van der Waals surface area contributed by atoms with E-state index in [2.05, 4.69) is 30.0 Å². The summed E-state index contributed by atoms with van der Waals surface area (Å²) in [5.41, 5.74) is 3.05. The Labute approximate surface area is 162 Å². The number of alkyl halides is 2. The van der Waals surface area contributed by atoms with Crippen molar-refractivity contribution >= 4 is 12.2 Å². The molecule has 0 fully saturated rings. The average molecular weight is 395 g/mol. The van der Waals surface area contributed by atoms with Crippen LogP contribution in [0.2, 0.25) is 0 Å². The quantitative estimate of drug-likeness (QED) is 0.519. The summed E-state index contributed by atoms with van der Waals surface area (Å²) in [7, 11) is 0. The summed E-state index contributed by atoms with van der Waals surface area (Å²) >= 11 is 0. The molecule has 4 rings (SSSR count). The molecule has 0 unspecified atom stereocenters. The SMILES string of the molecule is N#Cc1c(-c2ccccc2)nc(NN=Cc2ccc3c(c2)OC(F)(F)O3)[nH]c1=O. The molecule has 1 aliphatic rings. The molecule has 29 heavy (non-hydrogen) atoms. The van der Waals surface area contributed by atoms with E-state index in [4.69, 9.17) is 0 Å². The lowest BCUT2D eigenvalue weighted by atomic mass is 10.1. The number of hydrazone groups is 1. The smallest absolute Gasteiger partial charge is 0.395 e. The van der Waals surface area contributed by atoms with E-state index in [1.54, 1.807) is 30.3 Å². The molecule has 0 spiro atoms. The van der Waals surface area contributed by atoms with Crippen LogP contribution in [-0.4, -0.2) is 22.5 Å². The first-order chi connectivity index (χ1) is 13.9. The molecule has 2 heterocycles. The van der Waals surface area contributed by atoms with Crippen molar-refractivity contribution in [2.75, 3.05) is 5.43 Å². The van der Waals surface area contributed by atoms with E-state index in [1.165, 1.54) is 24.4 Å². The fraction of sp³-hybridized carbons (Fsp3) is 0.0526. The third-order valence-corrected chi connectivity index (χ3v) is 3.89. The van der Waals surface area contributed by atoms with Crippen molar-refractivity contribution in [3.8, 4) is 28.8 Å². The normalized spacial score (nSPS) is 14.0. The highest BCUT2D eigenvalue weighted by atomic mass is 19.3. The van der Waals surface area contributed by atoms with Gasteiger partial charge in [-0.3, -0.25) is 9.78 Å². The number of ether oxygens (including phenoxy) is 2. The van der Waals surface area contributed by atoms with E-state index in [9.17, 15) is 18.8 Å². The number of benzene rings is 2. The second-order valence-electron chi connectivity index (χ2n) is 5.86. The minimum atomic E-state index is -3.70. The Hall–Kier alpha value is -4.26. The Morgan fingerprint density at radius 2 is 1.93 bits per heavy atom. The lowest BCUT2D eigenvalue weighted by Gasteiger charge is -2.06. The van der Waals surface area contributed by atoms with Gasteiger partial charge in [0.1, 0.15) is 11.6 Å². The van der Waals surface area contributed by atoms with Crippen LogP contribution in [0.4, 0.5) is 14.7 Å². The highest BCUT2D eigenvalue weighted by molar-refractivity contribution is 5.81. The molecule has 2 aromatic carbocycles. The molecule has 0 saturated heterocycles. The molecule has 8 nitrogen and oxygen atoms in total. The Morgan fingerprint density at radius 3 is 2.69 bits per heavy atom. The van der Waals surface area contributed by atoms with Crippen molar-refractivity contribution in [3.05, 3.63) is 70.0 Å². The van der Waals surface area contributed by atoms with Crippen LogP contribution in [0.15, 0.2) is 58.4 Å². The van der Waals surface area contributed by atoms with Gasteiger partial charge in [0, 0.05) is 5.56 Å². The van der Waals surface area contributed by atoms with Gasteiger partial charge in [-0.2, -0.15) is 10.4 Å². The highest BCUT2D eigenvalue weighted by Gasteiger charge is 2.43. The number of halogens is 2. The van der Waals surface area contributed by atoms with Crippen LogP contribution in [-0.2, 0) is 0 Å². The topological polar surface area (TPSA) is 112 Å². The second kappa shape index (κ2) is 7.05. The van der Waals surface area contributed by atoms with Crippen LogP contribution >= 0.6 is 0 Å². The Bertz CT molecular complexity index is 1200. The van der Waals surface area contributed by atoms with Gasteiger partial charge in [0.05, 0.1) is 11.9 Å². The largest absolute Gasteiger partial charge is 0.586 e. The Kier molecular flexibility index (Phi) is 4.40. The standard InChI is InChI=1S/C19H11F2N5O3/c20-19(21)28-14-7-6-11(8-15(14)29-19)10-23-26-18-24-16(12-4-2-1-3-5-12)13(9-22)17(27)25-18/h1-8,10H,(H2,24,25,26,27). The predicted molar refractivity (Wildman–Crippen MR) is 98.9 cm³/mol. The Balaban J connectivity index is 1.58. The molecular weight excluding hydrogens is 384 g/mol. The van der Waals surface area contributed by atoms with E-state index < -0.39 is 11.9 Å². The minimum absolute atomic E-state index is 0.0105. The highest BCUT2D eigenvalue weighted by Crippen LogP contribution is 2.40. The summed E-state index contributed by atoms with van der Waals surface area (Å²) in [4.78, 5) is 18.8. The third kappa shape index (κ3) is 3.74. The number of anilines is 1. The molecule has 10 heteroatoms. The molecule has 0 radical (unpaired) electrons. The van der Waals surface area contributed by atoms with Crippen LogP contribution in [0.5, 0.6) is 11.5 Å². The molecule has 0 saturated carbocycles. The zero-order chi connectivity index (χ0) is 20.4. The summed E-state index contributed by atoms with van der Waals surface area (Å²) in [5.74, 6) is -0.183. The maximum atomic E-state index is 13.1. The molecule has 144 valence electrons. The lowest BCUT2D eigenvalue weighted by molar-refractivity contribution is -0.286. The van der Waals surface area contributed by atoms with Gasteiger partial charge in [-0.15, -0.1) is 8.78 Å². The second-order valence-corrected chi connectivity index (χ2v) is 5.86. The maximum Gasteiger partial charge on any atom is 0.586 e. The zero-order valence-corrected chi connectivity index (χ0v) is 14.5. The number of aromatic nitrogens is 2.